The minimum absolute atomic E-state index is 0.0524. The number of nitriles is 1. The molecule has 0 bridgehead atoms. The molecule has 17 heavy (non-hydrogen) atoms. The Morgan fingerprint density at radius 3 is 3.06 bits per heavy atom. The fraction of sp³-hybridized carbons (Fsp3) is 0.333. The standard InChI is InChI=1S/C12H15N3OS/c13-5-2-6-15-12(16)9-17-11-4-1-3-10(7-11)8-14/h1,3-4,7H,2,6,8-9,14H2,(H,15,16). The van der Waals surface area contributed by atoms with Gasteiger partial charge in [-0.15, -0.1) is 11.8 Å². The number of carbonyl (C=O) groups is 1. The highest BCUT2D eigenvalue weighted by atomic mass is 32.2. The summed E-state index contributed by atoms with van der Waals surface area (Å²) < 4.78 is 0. The van der Waals surface area contributed by atoms with Crippen LogP contribution in [0.15, 0.2) is 29.2 Å². The Hall–Kier alpha value is -1.51. The number of carbonyl (C=O) groups excluding carboxylic acids is 1. The highest BCUT2D eigenvalue weighted by molar-refractivity contribution is 8.00. The highest BCUT2D eigenvalue weighted by Gasteiger charge is 2.02. The quantitative estimate of drug-likeness (QED) is 0.588. The van der Waals surface area contributed by atoms with Crippen molar-refractivity contribution < 1.29 is 4.79 Å². The lowest BCUT2D eigenvalue weighted by Crippen LogP contribution is -2.25. The monoisotopic (exact) mass is 249 g/mol. The number of amides is 1. The molecule has 1 aromatic rings. The van der Waals surface area contributed by atoms with Crippen LogP contribution in [0, 0.1) is 11.3 Å². The summed E-state index contributed by atoms with van der Waals surface area (Å²) in [7, 11) is 0. The van der Waals surface area contributed by atoms with Gasteiger partial charge in [-0.3, -0.25) is 4.79 Å². The SMILES string of the molecule is N#CCCNC(=O)CSc1cccc(CN)c1. The first-order valence-electron chi connectivity index (χ1n) is 5.31. The number of nitrogens with one attached hydrogen (secondary N) is 1. The normalized spacial score (nSPS) is 9.65. The largest absolute Gasteiger partial charge is 0.354 e. The van der Waals surface area contributed by atoms with E-state index < -0.39 is 0 Å². The van der Waals surface area contributed by atoms with E-state index in [4.69, 9.17) is 11.0 Å². The molecule has 0 aliphatic carbocycles. The molecular formula is C12H15N3OS. The van der Waals surface area contributed by atoms with Crippen molar-refractivity contribution in [1.82, 2.24) is 5.32 Å². The Morgan fingerprint density at radius 2 is 2.35 bits per heavy atom. The molecule has 0 aromatic heterocycles. The minimum Gasteiger partial charge on any atom is -0.354 e. The summed E-state index contributed by atoms with van der Waals surface area (Å²) in [6.07, 6.45) is 0.346. The van der Waals surface area contributed by atoms with Crippen LogP contribution in [0.3, 0.4) is 0 Å². The Morgan fingerprint density at radius 1 is 1.53 bits per heavy atom. The average molecular weight is 249 g/mol. The van der Waals surface area contributed by atoms with E-state index in [0.29, 0.717) is 25.3 Å². The third kappa shape index (κ3) is 5.38. The van der Waals surface area contributed by atoms with Gasteiger partial charge in [-0.25, -0.2) is 0 Å². The van der Waals surface area contributed by atoms with E-state index in [-0.39, 0.29) is 5.91 Å². The van der Waals surface area contributed by atoms with Gasteiger partial charge in [-0.05, 0) is 17.7 Å². The Balaban J connectivity index is 2.34. The molecule has 0 heterocycles. The van der Waals surface area contributed by atoms with Crippen molar-refractivity contribution in [3.05, 3.63) is 29.8 Å². The summed E-state index contributed by atoms with van der Waals surface area (Å²) in [6.45, 7) is 0.918. The lowest BCUT2D eigenvalue weighted by Gasteiger charge is -2.04. The summed E-state index contributed by atoms with van der Waals surface area (Å²) in [5.74, 6) is 0.308. The van der Waals surface area contributed by atoms with E-state index in [2.05, 4.69) is 5.32 Å². The van der Waals surface area contributed by atoms with Gasteiger partial charge in [0.1, 0.15) is 0 Å². The molecule has 1 rings (SSSR count). The number of nitrogens with zero attached hydrogens (tertiary/aromatic N) is 1. The van der Waals surface area contributed by atoms with Gasteiger partial charge >= 0.3 is 0 Å². The van der Waals surface area contributed by atoms with Gasteiger partial charge < -0.3 is 11.1 Å². The second-order valence-electron chi connectivity index (χ2n) is 3.40. The summed E-state index contributed by atoms with van der Waals surface area (Å²) in [4.78, 5) is 12.4. The van der Waals surface area contributed by atoms with Gasteiger partial charge in [0.2, 0.25) is 5.91 Å². The molecule has 0 saturated carbocycles. The molecule has 0 atom stereocenters. The third-order valence-electron chi connectivity index (χ3n) is 2.06. The molecule has 4 nitrogen and oxygen atoms in total. The van der Waals surface area contributed by atoms with E-state index in [1.54, 1.807) is 0 Å². The van der Waals surface area contributed by atoms with E-state index in [1.807, 2.05) is 30.3 Å². The maximum atomic E-state index is 11.4. The van der Waals surface area contributed by atoms with Crippen molar-refractivity contribution in [3.8, 4) is 6.07 Å². The van der Waals surface area contributed by atoms with Crippen molar-refractivity contribution >= 4 is 17.7 Å². The molecule has 90 valence electrons. The molecular weight excluding hydrogens is 234 g/mol. The molecule has 1 aromatic carbocycles. The van der Waals surface area contributed by atoms with E-state index in [1.165, 1.54) is 11.8 Å². The zero-order valence-electron chi connectivity index (χ0n) is 9.48. The van der Waals surface area contributed by atoms with E-state index in [0.717, 1.165) is 10.5 Å². The van der Waals surface area contributed by atoms with Crippen LogP contribution in [0.4, 0.5) is 0 Å². The fourth-order valence-corrected chi connectivity index (χ4v) is 2.03. The van der Waals surface area contributed by atoms with E-state index in [9.17, 15) is 4.79 Å². The van der Waals surface area contributed by atoms with Gasteiger partial charge in [0, 0.05) is 18.0 Å². The smallest absolute Gasteiger partial charge is 0.230 e. The lowest BCUT2D eigenvalue weighted by molar-refractivity contribution is -0.118. The molecule has 0 radical (unpaired) electrons. The molecule has 3 N–H and O–H groups in total. The van der Waals surface area contributed by atoms with Crippen LogP contribution >= 0.6 is 11.8 Å². The highest BCUT2D eigenvalue weighted by Crippen LogP contribution is 2.18. The predicted octanol–water partition coefficient (Wildman–Crippen LogP) is 1.27. The number of thioether (sulfide) groups is 1. The second-order valence-corrected chi connectivity index (χ2v) is 4.45. The lowest BCUT2D eigenvalue weighted by atomic mass is 10.2. The first-order chi connectivity index (χ1) is 8.26. The number of rotatable bonds is 6. The van der Waals surface area contributed by atoms with Crippen LogP contribution in [0.25, 0.3) is 0 Å². The van der Waals surface area contributed by atoms with Crippen molar-refractivity contribution in [1.29, 1.82) is 5.26 Å². The van der Waals surface area contributed by atoms with Crippen LogP contribution in [-0.4, -0.2) is 18.2 Å². The van der Waals surface area contributed by atoms with Crippen molar-refractivity contribution in [2.75, 3.05) is 12.3 Å². The number of hydrogen-bond acceptors (Lipinski definition) is 4. The molecule has 0 saturated heterocycles. The Kier molecular flexibility index (Phi) is 6.15. The molecule has 0 aliphatic heterocycles. The topological polar surface area (TPSA) is 78.9 Å². The molecule has 0 spiro atoms. The van der Waals surface area contributed by atoms with Gasteiger partial charge in [0.05, 0.1) is 18.2 Å². The first kappa shape index (κ1) is 13.6. The van der Waals surface area contributed by atoms with Gasteiger partial charge in [0.15, 0.2) is 0 Å². The van der Waals surface area contributed by atoms with Gasteiger partial charge in [0.25, 0.3) is 0 Å². The summed E-state index contributed by atoms with van der Waals surface area (Å²) >= 11 is 1.47. The van der Waals surface area contributed by atoms with Crippen LogP contribution in [0.2, 0.25) is 0 Å². The minimum atomic E-state index is -0.0524. The zero-order valence-corrected chi connectivity index (χ0v) is 10.3. The summed E-state index contributed by atoms with van der Waals surface area (Å²) in [5.41, 5.74) is 6.59. The number of hydrogen-bond donors (Lipinski definition) is 2. The van der Waals surface area contributed by atoms with Crippen LogP contribution in [0.5, 0.6) is 0 Å². The number of nitrogens with two attached hydrogens (primary N) is 1. The van der Waals surface area contributed by atoms with Crippen molar-refractivity contribution in [2.45, 2.75) is 17.9 Å². The maximum absolute atomic E-state index is 11.4. The summed E-state index contributed by atoms with van der Waals surface area (Å²) in [5, 5.41) is 11.0. The van der Waals surface area contributed by atoms with Gasteiger partial charge in [-0.1, -0.05) is 12.1 Å². The molecule has 0 aliphatic rings. The zero-order chi connectivity index (χ0) is 12.5. The van der Waals surface area contributed by atoms with Crippen LogP contribution in [-0.2, 0) is 11.3 Å². The second kappa shape index (κ2) is 7.71. The first-order valence-corrected chi connectivity index (χ1v) is 6.30. The van der Waals surface area contributed by atoms with Crippen molar-refractivity contribution in [2.24, 2.45) is 5.73 Å². The molecule has 5 heteroatoms. The Labute approximate surface area is 105 Å². The van der Waals surface area contributed by atoms with Crippen LogP contribution < -0.4 is 11.1 Å². The van der Waals surface area contributed by atoms with Crippen LogP contribution in [0.1, 0.15) is 12.0 Å². The average Bonchev–Trinajstić information content (AvgIpc) is 2.37. The number of benzene rings is 1. The summed E-state index contributed by atoms with van der Waals surface area (Å²) in [6, 6.07) is 9.79. The Bertz CT molecular complexity index is 414. The maximum Gasteiger partial charge on any atom is 0.230 e. The van der Waals surface area contributed by atoms with Gasteiger partial charge in [-0.2, -0.15) is 5.26 Å². The molecule has 0 unspecified atom stereocenters. The molecule has 0 fully saturated rings. The predicted molar refractivity (Wildman–Crippen MR) is 68.3 cm³/mol. The van der Waals surface area contributed by atoms with E-state index >= 15 is 0 Å². The third-order valence-corrected chi connectivity index (χ3v) is 3.06. The van der Waals surface area contributed by atoms with Crippen molar-refractivity contribution in [3.63, 3.8) is 0 Å². The fourth-order valence-electron chi connectivity index (χ4n) is 1.22. The molecule has 1 amide bonds.